The Labute approximate surface area is 268 Å². The molecule has 0 aliphatic carbocycles. The van der Waals surface area contributed by atoms with Crippen LogP contribution in [0.25, 0.3) is 66.1 Å². The van der Waals surface area contributed by atoms with Crippen molar-refractivity contribution in [3.05, 3.63) is 140 Å². The second-order valence-corrected chi connectivity index (χ2v) is 11.7. The lowest BCUT2D eigenvalue weighted by molar-refractivity contribution is 0.551. The largest absolute Gasteiger partial charge is 0.464 e. The number of nitriles is 1. The van der Waals surface area contributed by atoms with E-state index in [0.29, 0.717) is 22.3 Å². The summed E-state index contributed by atoms with van der Waals surface area (Å²) in [6.07, 6.45) is 1.74. The van der Waals surface area contributed by atoms with Crippen molar-refractivity contribution in [2.75, 3.05) is 0 Å². The van der Waals surface area contributed by atoms with Crippen LogP contribution in [0.4, 0.5) is 0 Å². The van der Waals surface area contributed by atoms with E-state index in [1.54, 1.807) is 6.26 Å². The van der Waals surface area contributed by atoms with E-state index in [1.807, 2.05) is 101 Å². The number of benzene rings is 4. The molecule has 4 aromatic carbocycles. The number of fused-ring (bicyclic) bond motifs is 4. The van der Waals surface area contributed by atoms with Crippen LogP contribution in [0, 0.1) is 45.9 Å². The molecule has 0 radical (unpaired) electrons. The van der Waals surface area contributed by atoms with Gasteiger partial charge >= 0.3 is 11.3 Å². The highest BCUT2D eigenvalue weighted by molar-refractivity contribution is 6.06. The summed E-state index contributed by atoms with van der Waals surface area (Å²) in [4.78, 5) is 24.4. The Morgan fingerprint density at radius 3 is 1.85 bits per heavy atom. The lowest BCUT2D eigenvalue weighted by Gasteiger charge is -2.11. The highest BCUT2D eigenvalue weighted by Crippen LogP contribution is 2.38. The van der Waals surface area contributed by atoms with E-state index in [9.17, 15) is 14.9 Å². The molecular weight excluding hydrogens is 590 g/mol. The smallest absolute Gasteiger partial charge is 0.339 e. The van der Waals surface area contributed by atoms with Crippen molar-refractivity contribution in [1.82, 2.24) is 0 Å². The molecule has 0 aliphatic rings. The molecule has 7 nitrogen and oxygen atoms in total. The van der Waals surface area contributed by atoms with Crippen molar-refractivity contribution in [3.63, 3.8) is 0 Å². The highest BCUT2D eigenvalue weighted by atomic mass is 16.4. The summed E-state index contributed by atoms with van der Waals surface area (Å²) < 4.78 is 22.3. The maximum absolute atomic E-state index is 12.3. The molecular formula is C40H29NO6. The molecule has 4 heterocycles. The first-order chi connectivity index (χ1) is 22.7. The number of hydrogen-bond acceptors (Lipinski definition) is 7. The fraction of sp³-hybridized carbons (Fsp3) is 0.125. The number of furan rings is 2. The molecule has 0 saturated carbocycles. The van der Waals surface area contributed by atoms with Crippen molar-refractivity contribution in [2.45, 2.75) is 34.6 Å². The van der Waals surface area contributed by atoms with Crippen molar-refractivity contribution in [1.29, 1.82) is 5.26 Å². The summed E-state index contributed by atoms with van der Waals surface area (Å²) >= 11 is 0. The minimum Gasteiger partial charge on any atom is -0.464 e. The van der Waals surface area contributed by atoms with Crippen LogP contribution >= 0.6 is 0 Å². The van der Waals surface area contributed by atoms with E-state index in [2.05, 4.69) is 12.1 Å². The Bertz CT molecular complexity index is 2670. The van der Waals surface area contributed by atoms with Crippen LogP contribution in [0.15, 0.2) is 112 Å². The number of aryl methyl sites for hydroxylation is 4. The number of nitrogens with zero attached hydrogens (tertiary/aromatic N) is 1. The summed E-state index contributed by atoms with van der Waals surface area (Å²) in [6.45, 7) is 9.46. The van der Waals surface area contributed by atoms with E-state index in [-0.39, 0.29) is 11.4 Å². The summed E-state index contributed by atoms with van der Waals surface area (Å²) in [5.74, 6) is 0.284. The van der Waals surface area contributed by atoms with Gasteiger partial charge < -0.3 is 17.7 Å². The first-order valence-corrected chi connectivity index (χ1v) is 15.1. The second kappa shape index (κ2) is 11.3. The zero-order valence-corrected chi connectivity index (χ0v) is 26.5. The molecule has 0 spiro atoms. The normalized spacial score (nSPS) is 11.2. The molecule has 0 N–H and O–H groups in total. The van der Waals surface area contributed by atoms with E-state index in [1.165, 1.54) is 6.07 Å². The van der Waals surface area contributed by atoms with E-state index >= 15 is 0 Å². The molecule has 4 aromatic heterocycles. The fourth-order valence-electron chi connectivity index (χ4n) is 6.32. The van der Waals surface area contributed by atoms with Gasteiger partial charge in [-0.1, -0.05) is 60.7 Å². The van der Waals surface area contributed by atoms with E-state index in [0.717, 1.165) is 71.6 Å². The Morgan fingerprint density at radius 2 is 1.17 bits per heavy atom. The SMILES string of the molecule is Cc1c(-c2ccccc2)c2cc3c(C)coc3c(C)c2oc1=O.Cc1c(C#N)oc2c(C)c3oc(=O)cc(-c4ccccc4)c3cc12. The van der Waals surface area contributed by atoms with Gasteiger partial charge in [-0.05, 0) is 69.0 Å². The van der Waals surface area contributed by atoms with Gasteiger partial charge in [-0.2, -0.15) is 5.26 Å². The molecule has 0 aliphatic heterocycles. The van der Waals surface area contributed by atoms with Crippen molar-refractivity contribution in [2.24, 2.45) is 0 Å². The molecule has 0 amide bonds. The zero-order valence-electron chi connectivity index (χ0n) is 26.5. The van der Waals surface area contributed by atoms with E-state index < -0.39 is 5.63 Å². The van der Waals surface area contributed by atoms with Crippen LogP contribution in [-0.2, 0) is 0 Å². The molecule has 0 atom stereocenters. The Balaban J connectivity index is 0.000000150. The van der Waals surface area contributed by atoms with Gasteiger partial charge in [0, 0.05) is 55.4 Å². The second-order valence-electron chi connectivity index (χ2n) is 11.7. The van der Waals surface area contributed by atoms with Crippen LogP contribution in [0.3, 0.4) is 0 Å². The van der Waals surface area contributed by atoms with Gasteiger partial charge in [0.1, 0.15) is 28.4 Å². The van der Waals surface area contributed by atoms with Crippen LogP contribution in [-0.4, -0.2) is 0 Å². The van der Waals surface area contributed by atoms with E-state index in [4.69, 9.17) is 17.7 Å². The Hall–Kier alpha value is -6.13. The standard InChI is InChI=1S/C20H13NO3.C20H16O3/c1-11-14-8-16-15(13-6-4-3-5-7-13)9-18(22)24-20(16)12(2)19(14)23-17(11)10-21;1-11-10-22-18-13(3)19-16(9-15(11)18)17(12(2)20(21)23-19)14-7-5-4-6-8-14/h3-9H,1-2H3;4-10H,1-3H3. The van der Waals surface area contributed by atoms with Crippen molar-refractivity contribution < 1.29 is 17.7 Å². The van der Waals surface area contributed by atoms with Gasteiger partial charge in [-0.3, -0.25) is 0 Å². The highest BCUT2D eigenvalue weighted by Gasteiger charge is 2.20. The molecule has 0 bridgehead atoms. The number of rotatable bonds is 2. The molecule has 0 saturated heterocycles. The van der Waals surface area contributed by atoms with Gasteiger partial charge in [-0.15, -0.1) is 0 Å². The lowest BCUT2D eigenvalue weighted by atomic mass is 9.95. The third-order valence-corrected chi connectivity index (χ3v) is 8.79. The summed E-state index contributed by atoms with van der Waals surface area (Å²) in [7, 11) is 0. The lowest BCUT2D eigenvalue weighted by Crippen LogP contribution is -2.06. The Kier molecular flexibility index (Phi) is 7.14. The molecule has 8 rings (SSSR count). The van der Waals surface area contributed by atoms with Gasteiger partial charge in [-0.25, -0.2) is 9.59 Å². The van der Waals surface area contributed by atoms with Gasteiger partial charge in [0.25, 0.3) is 0 Å². The Morgan fingerprint density at radius 1 is 0.574 bits per heavy atom. The molecule has 47 heavy (non-hydrogen) atoms. The molecule has 8 aromatic rings. The van der Waals surface area contributed by atoms with Crippen LogP contribution in [0.1, 0.15) is 33.6 Å². The first-order valence-electron chi connectivity index (χ1n) is 15.1. The van der Waals surface area contributed by atoms with Crippen molar-refractivity contribution in [3.8, 4) is 28.3 Å². The van der Waals surface area contributed by atoms with Crippen molar-refractivity contribution >= 4 is 43.9 Å². The van der Waals surface area contributed by atoms with Gasteiger partial charge in [0.05, 0.1) is 6.26 Å². The average Bonchev–Trinajstić information content (AvgIpc) is 3.62. The molecule has 0 fully saturated rings. The maximum Gasteiger partial charge on any atom is 0.339 e. The summed E-state index contributed by atoms with van der Waals surface area (Å²) in [6, 6.07) is 27.2. The minimum atomic E-state index is -0.410. The van der Waals surface area contributed by atoms with Crippen LogP contribution in [0.5, 0.6) is 0 Å². The quantitative estimate of drug-likeness (QED) is 0.177. The predicted octanol–water partition coefficient (Wildman–Crippen LogP) is 9.83. The monoisotopic (exact) mass is 619 g/mol. The summed E-state index contributed by atoms with van der Waals surface area (Å²) in [5.41, 5.74) is 9.53. The predicted molar refractivity (Wildman–Crippen MR) is 184 cm³/mol. The third-order valence-electron chi connectivity index (χ3n) is 8.79. The third kappa shape index (κ3) is 4.82. The average molecular weight is 620 g/mol. The van der Waals surface area contributed by atoms with Gasteiger partial charge in [0.2, 0.25) is 5.76 Å². The summed E-state index contributed by atoms with van der Waals surface area (Å²) in [5, 5.41) is 12.9. The van der Waals surface area contributed by atoms with Gasteiger partial charge in [0.15, 0.2) is 0 Å². The molecule has 0 unspecified atom stereocenters. The first kappa shape index (κ1) is 29.6. The topological polar surface area (TPSA) is 110 Å². The molecule has 230 valence electrons. The zero-order chi connectivity index (χ0) is 33.0. The number of hydrogen-bond donors (Lipinski definition) is 0. The van der Waals surface area contributed by atoms with Crippen LogP contribution < -0.4 is 11.3 Å². The minimum absolute atomic E-state index is 0.284. The van der Waals surface area contributed by atoms with Crippen LogP contribution in [0.2, 0.25) is 0 Å². The maximum atomic E-state index is 12.3. The fourth-order valence-corrected chi connectivity index (χ4v) is 6.32. The molecule has 7 heteroatoms.